The molecule has 20 heavy (non-hydrogen) atoms. The Morgan fingerprint density at radius 1 is 0.950 bits per heavy atom. The summed E-state index contributed by atoms with van der Waals surface area (Å²) in [6.07, 6.45) is 8.05. The molecule has 0 rings (SSSR count). The first-order chi connectivity index (χ1) is 8.88. The molecule has 116 valence electrons. The van der Waals surface area contributed by atoms with E-state index in [1.807, 2.05) is 0 Å². The maximum absolute atomic E-state index is 11.1. The number of hydrogen-bond donors (Lipinski definition) is 1. The van der Waals surface area contributed by atoms with Gasteiger partial charge in [0.25, 0.3) is 0 Å². The van der Waals surface area contributed by atoms with E-state index < -0.39 is 15.4 Å². The smallest absolute Gasteiger partial charge is 0.748 e. The van der Waals surface area contributed by atoms with E-state index in [1.54, 1.807) is 6.92 Å². The minimum atomic E-state index is -4.14. The van der Waals surface area contributed by atoms with Crippen molar-refractivity contribution in [2.24, 2.45) is 0 Å². The van der Waals surface area contributed by atoms with Crippen LogP contribution in [0.25, 0.3) is 0 Å². The summed E-state index contributed by atoms with van der Waals surface area (Å²) in [5.74, 6) is 0. The van der Waals surface area contributed by atoms with Gasteiger partial charge >= 0.3 is 29.6 Å². The predicted molar refractivity (Wildman–Crippen MR) is 77.0 cm³/mol. The van der Waals surface area contributed by atoms with E-state index in [0.717, 1.165) is 51.4 Å². The van der Waals surface area contributed by atoms with Gasteiger partial charge in [-0.05, 0) is 26.2 Å². The van der Waals surface area contributed by atoms with E-state index in [1.165, 1.54) is 0 Å². The molecule has 0 saturated heterocycles. The van der Waals surface area contributed by atoms with Crippen LogP contribution in [-0.2, 0) is 10.1 Å². The zero-order chi connectivity index (χ0) is 14.7. The topological polar surface area (TPSA) is 77.4 Å². The molecule has 0 aliphatic rings. The fourth-order valence-electron chi connectivity index (χ4n) is 2.22. The molecule has 0 aliphatic heterocycles. The number of aliphatic hydroxyl groups is 1. The Kier molecular flexibility index (Phi) is 15.7. The summed E-state index contributed by atoms with van der Waals surface area (Å²) in [6.45, 7) is 3.83. The van der Waals surface area contributed by atoms with Gasteiger partial charge in [-0.15, -0.1) is 0 Å². The predicted octanol–water partition coefficient (Wildman–Crippen LogP) is 0.206. The maximum Gasteiger partial charge on any atom is 1.00 e. The summed E-state index contributed by atoms with van der Waals surface area (Å²) in [6, 6.07) is 0. The van der Waals surface area contributed by atoms with E-state index in [9.17, 15) is 13.0 Å². The molecule has 0 saturated carbocycles. The van der Waals surface area contributed by atoms with Crippen molar-refractivity contribution in [3.63, 3.8) is 0 Å². The van der Waals surface area contributed by atoms with Crippen molar-refractivity contribution in [2.75, 3.05) is 0 Å². The van der Waals surface area contributed by atoms with Gasteiger partial charge in [0.15, 0.2) is 0 Å². The van der Waals surface area contributed by atoms with Crippen molar-refractivity contribution in [3.8, 4) is 0 Å². The minimum absolute atomic E-state index is 0. The van der Waals surface area contributed by atoms with Gasteiger partial charge in [0.2, 0.25) is 0 Å². The Hall–Kier alpha value is 0.870. The third-order valence-corrected chi connectivity index (χ3v) is 4.72. The summed E-state index contributed by atoms with van der Waals surface area (Å²) in [4.78, 5) is 0. The van der Waals surface area contributed by atoms with Crippen LogP contribution in [-0.4, -0.2) is 29.4 Å². The molecule has 0 spiro atoms. The van der Waals surface area contributed by atoms with Crippen molar-refractivity contribution < 1.29 is 47.6 Å². The van der Waals surface area contributed by atoms with E-state index in [2.05, 4.69) is 6.92 Å². The van der Waals surface area contributed by atoms with Crippen LogP contribution in [0.15, 0.2) is 0 Å². The summed E-state index contributed by atoms with van der Waals surface area (Å²) in [5.41, 5.74) is 0. The largest absolute Gasteiger partial charge is 1.00 e. The second-order valence-corrected chi connectivity index (χ2v) is 7.10. The molecule has 0 aromatic carbocycles. The Morgan fingerprint density at radius 2 is 1.40 bits per heavy atom. The summed E-state index contributed by atoms with van der Waals surface area (Å²) in [5, 5.41) is 8.41. The fraction of sp³-hybridized carbons (Fsp3) is 1.00. The zero-order valence-corrected chi connectivity index (χ0v) is 16.1. The average Bonchev–Trinajstić information content (AvgIpc) is 2.29. The Morgan fingerprint density at radius 3 is 1.80 bits per heavy atom. The number of rotatable bonds is 12. The first-order valence-electron chi connectivity index (χ1n) is 7.50. The zero-order valence-electron chi connectivity index (χ0n) is 13.3. The van der Waals surface area contributed by atoms with Gasteiger partial charge in [-0.1, -0.05) is 51.9 Å². The third-order valence-electron chi connectivity index (χ3n) is 3.44. The SMILES string of the molecule is CCCCCC(CCCCCCC(C)O)S(=O)(=O)[O-].[Na+]. The number of unbranched alkanes of at least 4 members (excludes halogenated alkanes) is 5. The molecule has 0 radical (unpaired) electrons. The van der Waals surface area contributed by atoms with Crippen LogP contribution in [0.5, 0.6) is 0 Å². The van der Waals surface area contributed by atoms with Crippen LogP contribution in [0.4, 0.5) is 0 Å². The third kappa shape index (κ3) is 13.8. The Balaban J connectivity index is 0. The van der Waals surface area contributed by atoms with Gasteiger partial charge in [0, 0.05) is 5.25 Å². The molecule has 0 aromatic rings. The summed E-state index contributed by atoms with van der Waals surface area (Å²) < 4.78 is 33.4. The molecule has 2 atom stereocenters. The van der Waals surface area contributed by atoms with Crippen LogP contribution >= 0.6 is 0 Å². The minimum Gasteiger partial charge on any atom is -0.748 e. The van der Waals surface area contributed by atoms with Gasteiger partial charge in [-0.2, -0.15) is 0 Å². The van der Waals surface area contributed by atoms with Gasteiger partial charge in [-0.25, -0.2) is 8.42 Å². The van der Waals surface area contributed by atoms with Gasteiger partial charge in [0.05, 0.1) is 16.2 Å². The quantitative estimate of drug-likeness (QED) is 0.317. The second-order valence-electron chi connectivity index (χ2n) is 5.45. The van der Waals surface area contributed by atoms with Crippen molar-refractivity contribution in [2.45, 2.75) is 89.4 Å². The molecule has 1 N–H and O–H groups in total. The van der Waals surface area contributed by atoms with Crippen LogP contribution in [0.1, 0.15) is 78.1 Å². The molecule has 0 heterocycles. The van der Waals surface area contributed by atoms with Crippen LogP contribution in [0.3, 0.4) is 0 Å². The maximum atomic E-state index is 11.1. The van der Waals surface area contributed by atoms with Gasteiger partial charge < -0.3 is 9.66 Å². The van der Waals surface area contributed by atoms with Gasteiger partial charge in [-0.3, -0.25) is 0 Å². The standard InChI is InChI=1S/C14H30O4S.Na/c1-3-4-7-11-14(19(16,17)18)12-9-6-5-8-10-13(2)15;/h13-15H,3-12H2,1-2H3,(H,16,17,18);/q;+1/p-1. The molecule has 0 aromatic heterocycles. The Labute approximate surface area is 146 Å². The summed E-state index contributed by atoms with van der Waals surface area (Å²) >= 11 is 0. The van der Waals surface area contributed by atoms with E-state index >= 15 is 0 Å². The monoisotopic (exact) mass is 316 g/mol. The molecular weight excluding hydrogens is 287 g/mol. The molecule has 2 unspecified atom stereocenters. The summed E-state index contributed by atoms with van der Waals surface area (Å²) in [7, 11) is -4.14. The van der Waals surface area contributed by atoms with Gasteiger partial charge in [0.1, 0.15) is 0 Å². The Bertz CT molecular complexity index is 304. The molecule has 0 bridgehead atoms. The van der Waals surface area contributed by atoms with E-state index in [-0.39, 0.29) is 35.7 Å². The number of hydrogen-bond acceptors (Lipinski definition) is 4. The van der Waals surface area contributed by atoms with E-state index in [0.29, 0.717) is 12.8 Å². The fourth-order valence-corrected chi connectivity index (χ4v) is 3.13. The molecule has 0 amide bonds. The van der Waals surface area contributed by atoms with Crippen molar-refractivity contribution in [1.29, 1.82) is 0 Å². The molecular formula is C14H29NaO4S. The second kappa shape index (κ2) is 13.5. The van der Waals surface area contributed by atoms with Crippen molar-refractivity contribution in [1.82, 2.24) is 0 Å². The average molecular weight is 316 g/mol. The number of aliphatic hydroxyl groups excluding tert-OH is 1. The van der Waals surface area contributed by atoms with Crippen molar-refractivity contribution in [3.05, 3.63) is 0 Å². The molecule has 6 heteroatoms. The normalized spacial score (nSPS) is 14.6. The van der Waals surface area contributed by atoms with E-state index in [4.69, 9.17) is 5.11 Å². The van der Waals surface area contributed by atoms with Crippen LogP contribution in [0, 0.1) is 0 Å². The first-order valence-corrected chi connectivity index (χ1v) is 8.97. The molecule has 4 nitrogen and oxygen atoms in total. The van der Waals surface area contributed by atoms with Crippen molar-refractivity contribution >= 4 is 10.1 Å². The molecule has 0 fully saturated rings. The molecule has 0 aliphatic carbocycles. The first kappa shape index (κ1) is 23.1. The van der Waals surface area contributed by atoms with Crippen LogP contribution < -0.4 is 29.6 Å². The van der Waals surface area contributed by atoms with Crippen LogP contribution in [0.2, 0.25) is 0 Å².